The maximum absolute atomic E-state index is 12.2. The zero-order valence-corrected chi connectivity index (χ0v) is 15.6. The number of fused-ring (bicyclic) bond motifs is 1. The van der Waals surface area contributed by atoms with Gasteiger partial charge in [0.05, 0.1) is 0 Å². The van der Waals surface area contributed by atoms with Crippen molar-refractivity contribution in [3.8, 4) is 11.5 Å². The number of ether oxygens (including phenoxy) is 2. The Morgan fingerprint density at radius 1 is 1.08 bits per heavy atom. The molecule has 1 atom stereocenters. The first-order valence-electron chi connectivity index (χ1n) is 8.12. The number of carbonyl (C=O) groups is 1. The Labute approximate surface area is 161 Å². The Morgan fingerprint density at radius 2 is 1.81 bits per heavy atom. The van der Waals surface area contributed by atoms with Crippen molar-refractivity contribution in [1.82, 2.24) is 16.2 Å². The molecule has 3 rings (SSSR count). The van der Waals surface area contributed by atoms with E-state index in [4.69, 9.17) is 21.7 Å². The molecule has 1 aliphatic heterocycles. The first-order valence-corrected chi connectivity index (χ1v) is 9.52. The third-order valence-electron chi connectivity index (χ3n) is 3.50. The summed E-state index contributed by atoms with van der Waals surface area (Å²) in [6.07, 6.45) is -0.728. The summed E-state index contributed by atoms with van der Waals surface area (Å²) in [5.41, 5.74) is 5.22. The van der Waals surface area contributed by atoms with E-state index in [9.17, 15) is 4.79 Å². The number of thioether (sulfide) groups is 1. The molecule has 0 aliphatic carbocycles. The third kappa shape index (κ3) is 5.27. The zero-order chi connectivity index (χ0) is 18.2. The van der Waals surface area contributed by atoms with Crippen LogP contribution in [-0.2, 0) is 4.79 Å². The zero-order valence-electron chi connectivity index (χ0n) is 13.9. The van der Waals surface area contributed by atoms with Gasteiger partial charge in [-0.3, -0.25) is 15.6 Å². The Morgan fingerprint density at radius 3 is 2.62 bits per heavy atom. The van der Waals surface area contributed by atoms with Crippen molar-refractivity contribution in [3.63, 3.8) is 0 Å². The predicted octanol–water partition coefficient (Wildman–Crippen LogP) is 2.11. The number of para-hydroxylation sites is 2. The number of carbonyl (C=O) groups excluding carboxylic acids is 1. The summed E-state index contributed by atoms with van der Waals surface area (Å²) < 4.78 is 11.2. The minimum Gasteiger partial charge on any atom is -0.485 e. The molecule has 26 heavy (non-hydrogen) atoms. The SMILES string of the molecule is O=C(NNC(=S)NCCSc1ccccc1)C1COc2ccccc2O1. The molecule has 0 saturated heterocycles. The third-order valence-corrected chi connectivity index (χ3v) is 4.76. The molecule has 2 aromatic rings. The quantitative estimate of drug-likeness (QED) is 0.313. The van der Waals surface area contributed by atoms with Crippen LogP contribution in [0, 0.1) is 0 Å². The number of thiocarbonyl (C=S) groups is 1. The molecule has 0 saturated carbocycles. The number of rotatable bonds is 5. The molecule has 0 fully saturated rings. The van der Waals surface area contributed by atoms with Gasteiger partial charge in [0.2, 0.25) is 6.10 Å². The van der Waals surface area contributed by atoms with Crippen LogP contribution in [0.15, 0.2) is 59.5 Å². The molecule has 0 bridgehead atoms. The highest BCUT2D eigenvalue weighted by Gasteiger charge is 2.27. The van der Waals surface area contributed by atoms with Gasteiger partial charge in [-0.25, -0.2) is 0 Å². The van der Waals surface area contributed by atoms with Crippen molar-refractivity contribution in [3.05, 3.63) is 54.6 Å². The van der Waals surface area contributed by atoms with Crippen molar-refractivity contribution in [2.45, 2.75) is 11.0 Å². The van der Waals surface area contributed by atoms with Crippen LogP contribution in [0.3, 0.4) is 0 Å². The number of hydrazine groups is 1. The van der Waals surface area contributed by atoms with Gasteiger partial charge in [0.15, 0.2) is 16.6 Å². The van der Waals surface area contributed by atoms with Crippen LogP contribution in [-0.4, -0.2) is 36.0 Å². The summed E-state index contributed by atoms with van der Waals surface area (Å²) in [6.45, 7) is 0.829. The van der Waals surface area contributed by atoms with Crippen molar-refractivity contribution in [1.29, 1.82) is 0 Å². The normalized spacial score (nSPS) is 15.0. The highest BCUT2D eigenvalue weighted by Crippen LogP contribution is 2.30. The second kappa shape index (κ2) is 9.30. The van der Waals surface area contributed by atoms with Gasteiger partial charge in [-0.1, -0.05) is 30.3 Å². The van der Waals surface area contributed by atoms with Crippen LogP contribution in [0.5, 0.6) is 11.5 Å². The molecule has 0 spiro atoms. The van der Waals surface area contributed by atoms with Crippen LogP contribution in [0.1, 0.15) is 0 Å². The maximum Gasteiger partial charge on any atom is 0.283 e. The Bertz CT molecular complexity index is 758. The van der Waals surface area contributed by atoms with E-state index in [0.717, 1.165) is 5.75 Å². The fourth-order valence-corrected chi connectivity index (χ4v) is 3.18. The van der Waals surface area contributed by atoms with E-state index in [1.807, 2.05) is 30.3 Å². The number of nitrogens with one attached hydrogen (secondary N) is 3. The number of amides is 1. The average Bonchev–Trinajstić information content (AvgIpc) is 2.70. The molecule has 6 nitrogen and oxygen atoms in total. The lowest BCUT2D eigenvalue weighted by Crippen LogP contribution is -2.53. The minimum atomic E-state index is -0.728. The number of hydrogen-bond acceptors (Lipinski definition) is 5. The van der Waals surface area contributed by atoms with E-state index < -0.39 is 6.10 Å². The lowest BCUT2D eigenvalue weighted by molar-refractivity contribution is -0.130. The van der Waals surface area contributed by atoms with Gasteiger partial charge in [0, 0.05) is 17.2 Å². The van der Waals surface area contributed by atoms with E-state index in [-0.39, 0.29) is 12.5 Å². The van der Waals surface area contributed by atoms with Crippen molar-refractivity contribution >= 4 is 35.0 Å². The fraction of sp³-hybridized carbons (Fsp3) is 0.222. The van der Waals surface area contributed by atoms with Gasteiger partial charge in [-0.2, -0.15) is 0 Å². The lowest BCUT2D eigenvalue weighted by atomic mass is 10.2. The van der Waals surface area contributed by atoms with Gasteiger partial charge >= 0.3 is 0 Å². The van der Waals surface area contributed by atoms with Crippen LogP contribution < -0.4 is 25.6 Å². The molecular formula is C18H19N3O3S2. The van der Waals surface area contributed by atoms with E-state index in [1.54, 1.807) is 23.9 Å². The van der Waals surface area contributed by atoms with E-state index in [2.05, 4.69) is 28.3 Å². The second-order valence-corrected chi connectivity index (χ2v) is 6.97. The molecule has 1 heterocycles. The van der Waals surface area contributed by atoms with Crippen LogP contribution in [0.4, 0.5) is 0 Å². The molecule has 0 aromatic heterocycles. The monoisotopic (exact) mass is 389 g/mol. The highest BCUT2D eigenvalue weighted by atomic mass is 32.2. The van der Waals surface area contributed by atoms with Crippen molar-refractivity contribution < 1.29 is 14.3 Å². The van der Waals surface area contributed by atoms with E-state index >= 15 is 0 Å². The van der Waals surface area contributed by atoms with Gasteiger partial charge in [-0.15, -0.1) is 11.8 Å². The summed E-state index contributed by atoms with van der Waals surface area (Å²) in [7, 11) is 0. The molecule has 1 aliphatic rings. The van der Waals surface area contributed by atoms with Gasteiger partial charge in [0.1, 0.15) is 6.61 Å². The summed E-state index contributed by atoms with van der Waals surface area (Å²) in [4.78, 5) is 13.4. The molecule has 1 amide bonds. The van der Waals surface area contributed by atoms with Crippen LogP contribution in [0.25, 0.3) is 0 Å². The average molecular weight is 390 g/mol. The summed E-state index contributed by atoms with van der Waals surface area (Å²) in [5.74, 6) is 1.70. The standard InChI is InChI=1S/C18H19N3O3S2/c22-17(16-12-23-14-8-4-5-9-15(14)24-16)20-21-18(25)19-10-11-26-13-6-2-1-3-7-13/h1-9,16H,10-12H2,(H,20,22)(H2,19,21,25). The first kappa shape index (κ1) is 18.3. The largest absolute Gasteiger partial charge is 0.485 e. The first-order chi connectivity index (χ1) is 12.7. The summed E-state index contributed by atoms with van der Waals surface area (Å²) >= 11 is 6.88. The number of hydrogen-bond donors (Lipinski definition) is 3. The summed E-state index contributed by atoms with van der Waals surface area (Å²) in [6, 6.07) is 17.4. The van der Waals surface area contributed by atoms with Crippen LogP contribution in [0.2, 0.25) is 0 Å². The van der Waals surface area contributed by atoms with E-state index in [1.165, 1.54) is 4.90 Å². The molecular weight excluding hydrogens is 370 g/mol. The Kier molecular flexibility index (Phi) is 6.56. The van der Waals surface area contributed by atoms with Gasteiger partial charge in [0.25, 0.3) is 5.91 Å². The molecule has 1 unspecified atom stereocenters. The Balaban J connectivity index is 1.33. The number of benzene rings is 2. The Hall–Kier alpha value is -2.45. The molecule has 8 heteroatoms. The van der Waals surface area contributed by atoms with Crippen LogP contribution >= 0.6 is 24.0 Å². The molecule has 3 N–H and O–H groups in total. The molecule has 2 aromatic carbocycles. The maximum atomic E-state index is 12.2. The molecule has 136 valence electrons. The summed E-state index contributed by atoms with van der Waals surface area (Å²) in [5, 5.41) is 3.39. The molecule has 0 radical (unpaired) electrons. The highest BCUT2D eigenvalue weighted by molar-refractivity contribution is 7.99. The predicted molar refractivity (Wildman–Crippen MR) is 105 cm³/mol. The fourth-order valence-electron chi connectivity index (χ4n) is 2.24. The van der Waals surface area contributed by atoms with Crippen molar-refractivity contribution in [2.75, 3.05) is 18.9 Å². The smallest absolute Gasteiger partial charge is 0.283 e. The topological polar surface area (TPSA) is 71.6 Å². The van der Waals surface area contributed by atoms with E-state index in [0.29, 0.717) is 23.2 Å². The van der Waals surface area contributed by atoms with Crippen molar-refractivity contribution in [2.24, 2.45) is 0 Å². The van der Waals surface area contributed by atoms with Gasteiger partial charge < -0.3 is 14.8 Å². The van der Waals surface area contributed by atoms with Gasteiger partial charge in [-0.05, 0) is 36.5 Å². The lowest BCUT2D eigenvalue weighted by Gasteiger charge is -2.25. The second-order valence-electron chi connectivity index (χ2n) is 5.40. The minimum absolute atomic E-state index is 0.151.